The van der Waals surface area contributed by atoms with Crippen LogP contribution in [-0.2, 0) is 0 Å². The van der Waals surface area contributed by atoms with Crippen LogP contribution < -0.4 is 5.32 Å². The highest BCUT2D eigenvalue weighted by Gasteiger charge is 2.14. The van der Waals surface area contributed by atoms with Crippen LogP contribution in [0.25, 0.3) is 22.3 Å². The van der Waals surface area contributed by atoms with Gasteiger partial charge in [0.05, 0.1) is 16.8 Å². The van der Waals surface area contributed by atoms with Crippen molar-refractivity contribution >= 4 is 40.0 Å². The van der Waals surface area contributed by atoms with E-state index in [2.05, 4.69) is 15.3 Å². The monoisotopic (exact) mass is 375 g/mol. The fraction of sp³-hybridized carbons (Fsp3) is 0. The summed E-state index contributed by atoms with van der Waals surface area (Å²) in [5.74, 6) is 0.0218. The number of carboxylic acids is 1. The van der Waals surface area contributed by atoms with Gasteiger partial charge in [0.2, 0.25) is 0 Å². The Morgan fingerprint density at radius 2 is 1.67 bits per heavy atom. The molecule has 3 aromatic carbocycles. The number of halogens is 1. The van der Waals surface area contributed by atoms with Crippen molar-refractivity contribution in [3.63, 3.8) is 0 Å². The van der Waals surface area contributed by atoms with Crippen molar-refractivity contribution in [2.24, 2.45) is 0 Å². The van der Waals surface area contributed by atoms with Gasteiger partial charge in [-0.15, -0.1) is 0 Å². The fourth-order valence-corrected chi connectivity index (χ4v) is 2.99. The van der Waals surface area contributed by atoms with Crippen molar-refractivity contribution in [1.82, 2.24) is 9.97 Å². The second kappa shape index (κ2) is 7.05. The number of anilines is 2. The molecule has 0 fully saturated rings. The van der Waals surface area contributed by atoms with Crippen molar-refractivity contribution < 1.29 is 9.90 Å². The smallest absolute Gasteiger partial charge is 0.337 e. The number of nitrogens with zero attached hydrogens (tertiary/aromatic N) is 2. The summed E-state index contributed by atoms with van der Waals surface area (Å²) >= 11 is 6.15. The molecule has 0 aliphatic heterocycles. The maximum absolute atomic E-state index is 11.5. The summed E-state index contributed by atoms with van der Waals surface area (Å²) in [7, 11) is 0. The summed E-state index contributed by atoms with van der Waals surface area (Å²) in [4.78, 5) is 20.8. The zero-order chi connectivity index (χ0) is 18.8. The number of hydrogen-bond donors (Lipinski definition) is 2. The highest BCUT2D eigenvalue weighted by molar-refractivity contribution is 6.31. The molecule has 0 saturated heterocycles. The second-order valence-electron chi connectivity index (χ2n) is 5.90. The lowest BCUT2D eigenvalue weighted by molar-refractivity contribution is 0.0698. The third-order valence-electron chi connectivity index (χ3n) is 4.10. The van der Waals surface area contributed by atoms with Gasteiger partial charge in [-0.1, -0.05) is 54.1 Å². The number of hydrogen-bond acceptors (Lipinski definition) is 4. The van der Waals surface area contributed by atoms with E-state index >= 15 is 0 Å². The van der Waals surface area contributed by atoms with E-state index in [4.69, 9.17) is 11.6 Å². The zero-order valence-corrected chi connectivity index (χ0v) is 14.8. The Morgan fingerprint density at radius 1 is 0.926 bits per heavy atom. The summed E-state index contributed by atoms with van der Waals surface area (Å²) < 4.78 is 0. The second-order valence-corrected chi connectivity index (χ2v) is 6.34. The topological polar surface area (TPSA) is 75.1 Å². The highest BCUT2D eigenvalue weighted by atomic mass is 35.5. The first-order chi connectivity index (χ1) is 13.1. The van der Waals surface area contributed by atoms with Crippen LogP contribution in [-0.4, -0.2) is 21.0 Å². The molecule has 0 atom stereocenters. The van der Waals surface area contributed by atoms with E-state index < -0.39 is 5.97 Å². The van der Waals surface area contributed by atoms with Crippen molar-refractivity contribution in [3.05, 3.63) is 83.4 Å². The van der Waals surface area contributed by atoms with Crippen LogP contribution in [0.2, 0.25) is 5.02 Å². The summed E-state index contributed by atoms with van der Waals surface area (Å²) in [6.07, 6.45) is 0. The molecule has 0 radical (unpaired) electrons. The first-order valence-corrected chi connectivity index (χ1v) is 8.62. The van der Waals surface area contributed by atoms with Crippen molar-refractivity contribution in [2.45, 2.75) is 0 Å². The molecule has 27 heavy (non-hydrogen) atoms. The molecule has 0 saturated carbocycles. The van der Waals surface area contributed by atoms with E-state index in [1.807, 2.05) is 36.4 Å². The summed E-state index contributed by atoms with van der Waals surface area (Å²) in [5.41, 5.74) is 2.18. The minimum Gasteiger partial charge on any atom is -0.478 e. The lowest BCUT2D eigenvalue weighted by atomic mass is 10.1. The van der Waals surface area contributed by atoms with Crippen LogP contribution >= 0.6 is 11.6 Å². The van der Waals surface area contributed by atoms with Crippen LogP contribution in [0, 0.1) is 0 Å². The molecule has 2 N–H and O–H groups in total. The molecule has 0 aliphatic carbocycles. The average molecular weight is 376 g/mol. The summed E-state index contributed by atoms with van der Waals surface area (Å²) in [6.45, 7) is 0. The average Bonchev–Trinajstić information content (AvgIpc) is 2.69. The highest BCUT2D eigenvalue weighted by Crippen LogP contribution is 2.30. The Balaban J connectivity index is 1.91. The maximum Gasteiger partial charge on any atom is 0.337 e. The minimum atomic E-state index is -1.02. The van der Waals surface area contributed by atoms with E-state index in [0.29, 0.717) is 33.3 Å². The van der Waals surface area contributed by atoms with E-state index in [0.717, 1.165) is 5.56 Å². The van der Waals surface area contributed by atoms with Gasteiger partial charge in [0.1, 0.15) is 5.82 Å². The fourth-order valence-electron chi connectivity index (χ4n) is 2.82. The number of carboxylic acid groups (broad SMARTS) is 1. The zero-order valence-electron chi connectivity index (χ0n) is 14.1. The molecular formula is C21H14ClN3O2. The normalized spacial score (nSPS) is 10.7. The van der Waals surface area contributed by atoms with Crippen LogP contribution in [0.5, 0.6) is 0 Å². The molecule has 0 bridgehead atoms. The van der Waals surface area contributed by atoms with Crippen molar-refractivity contribution in [3.8, 4) is 11.4 Å². The van der Waals surface area contributed by atoms with Crippen molar-refractivity contribution in [1.29, 1.82) is 0 Å². The Hall–Kier alpha value is -3.44. The van der Waals surface area contributed by atoms with Gasteiger partial charge >= 0.3 is 5.97 Å². The number of aromatic nitrogens is 2. The molecule has 0 aliphatic rings. The molecule has 6 heteroatoms. The van der Waals surface area contributed by atoms with E-state index in [-0.39, 0.29) is 5.56 Å². The van der Waals surface area contributed by atoms with Gasteiger partial charge in [0.25, 0.3) is 0 Å². The lowest BCUT2D eigenvalue weighted by Crippen LogP contribution is -2.05. The molecule has 0 unspecified atom stereocenters. The summed E-state index contributed by atoms with van der Waals surface area (Å²) in [5, 5.41) is 13.8. The Bertz CT molecular complexity index is 1150. The predicted molar refractivity (Wildman–Crippen MR) is 107 cm³/mol. The van der Waals surface area contributed by atoms with Crippen LogP contribution in [0.15, 0.2) is 72.8 Å². The lowest BCUT2D eigenvalue weighted by Gasteiger charge is -2.13. The van der Waals surface area contributed by atoms with Crippen molar-refractivity contribution in [2.75, 3.05) is 5.32 Å². The standard InChI is InChI=1S/C21H14ClN3O2/c22-14-10-11-18-16(12-14)20(24-17-9-5-4-8-15(17)21(26)27)25-19(23-18)13-6-2-1-3-7-13/h1-12H,(H,26,27)(H,23,24,25). The molecular weight excluding hydrogens is 362 g/mol. The maximum atomic E-state index is 11.5. The number of benzene rings is 3. The van der Waals surface area contributed by atoms with Crippen LogP contribution in [0.1, 0.15) is 10.4 Å². The van der Waals surface area contributed by atoms with E-state index in [1.165, 1.54) is 0 Å². The molecule has 5 nitrogen and oxygen atoms in total. The van der Waals surface area contributed by atoms with Crippen LogP contribution in [0.4, 0.5) is 11.5 Å². The molecule has 0 spiro atoms. The number of nitrogens with one attached hydrogen (secondary N) is 1. The Morgan fingerprint density at radius 3 is 2.44 bits per heavy atom. The van der Waals surface area contributed by atoms with Gasteiger partial charge in [-0.05, 0) is 30.3 Å². The third-order valence-corrected chi connectivity index (χ3v) is 4.34. The third kappa shape index (κ3) is 3.45. The van der Waals surface area contributed by atoms with Gasteiger partial charge in [0, 0.05) is 16.0 Å². The Labute approximate surface area is 160 Å². The molecule has 4 aromatic rings. The van der Waals surface area contributed by atoms with E-state index in [1.54, 1.807) is 36.4 Å². The first kappa shape index (κ1) is 17.0. The Kier molecular flexibility index (Phi) is 4.44. The predicted octanol–water partition coefficient (Wildman–Crippen LogP) is 5.39. The largest absolute Gasteiger partial charge is 0.478 e. The minimum absolute atomic E-state index is 0.160. The molecule has 1 heterocycles. The molecule has 1 aromatic heterocycles. The van der Waals surface area contributed by atoms with Gasteiger partial charge in [0.15, 0.2) is 5.82 Å². The number of carbonyl (C=O) groups is 1. The quantitative estimate of drug-likeness (QED) is 0.500. The number of para-hydroxylation sites is 1. The number of aromatic carboxylic acids is 1. The van der Waals surface area contributed by atoms with Gasteiger partial charge in [-0.2, -0.15) is 0 Å². The molecule has 0 amide bonds. The van der Waals surface area contributed by atoms with Gasteiger partial charge < -0.3 is 10.4 Å². The number of fused-ring (bicyclic) bond motifs is 1. The van der Waals surface area contributed by atoms with Crippen LogP contribution in [0.3, 0.4) is 0 Å². The SMILES string of the molecule is O=C(O)c1ccccc1Nc1nc(-c2ccccc2)nc2ccc(Cl)cc12. The first-order valence-electron chi connectivity index (χ1n) is 8.24. The molecule has 132 valence electrons. The van der Waals surface area contributed by atoms with Gasteiger partial charge in [-0.25, -0.2) is 14.8 Å². The van der Waals surface area contributed by atoms with Gasteiger partial charge in [-0.3, -0.25) is 0 Å². The summed E-state index contributed by atoms with van der Waals surface area (Å²) in [6, 6.07) is 21.6. The van der Waals surface area contributed by atoms with E-state index in [9.17, 15) is 9.90 Å². The number of rotatable bonds is 4. The molecule has 4 rings (SSSR count).